The summed E-state index contributed by atoms with van der Waals surface area (Å²) in [7, 11) is 0. The summed E-state index contributed by atoms with van der Waals surface area (Å²) in [6.45, 7) is -0.679. The number of carbonyl (C=O) groups is 1. The molecule has 1 atom stereocenters. The third kappa shape index (κ3) is 2.18. The quantitative estimate of drug-likeness (QED) is 0.901. The van der Waals surface area contributed by atoms with Gasteiger partial charge in [0, 0.05) is 17.3 Å². The van der Waals surface area contributed by atoms with E-state index in [1.165, 1.54) is 6.07 Å². The minimum absolute atomic E-state index is 0.0565. The van der Waals surface area contributed by atoms with Gasteiger partial charge >= 0.3 is 6.18 Å². The summed E-state index contributed by atoms with van der Waals surface area (Å²) in [5.41, 5.74) is 5.88. The van der Waals surface area contributed by atoms with E-state index in [1.807, 2.05) is 0 Å². The Balaban J connectivity index is 2.46. The van der Waals surface area contributed by atoms with E-state index < -0.39 is 24.7 Å². The fraction of sp³-hybridized carbons (Fsp3) is 0.364. The lowest BCUT2D eigenvalue weighted by Gasteiger charge is -2.29. The number of halogens is 4. The molecule has 1 amide bonds. The first-order valence-electron chi connectivity index (χ1n) is 5.22. The standard InChI is InChI=1S/C11H10ClF3N2O/c12-7-2-1-6-3-10(18)17(8(6)4-7)9(5-16)11(13,14)15/h1-2,4,9H,3,5,16H2. The molecule has 1 heterocycles. The maximum atomic E-state index is 12.8. The van der Waals surface area contributed by atoms with Crippen molar-refractivity contribution in [2.45, 2.75) is 18.6 Å². The molecule has 1 aromatic rings. The predicted octanol–water partition coefficient (Wildman–Crippen LogP) is 2.12. The first-order valence-corrected chi connectivity index (χ1v) is 5.59. The van der Waals surface area contributed by atoms with Gasteiger partial charge in [0.25, 0.3) is 0 Å². The van der Waals surface area contributed by atoms with Crippen LogP contribution in [0.25, 0.3) is 0 Å². The average molecular weight is 279 g/mol. The van der Waals surface area contributed by atoms with E-state index in [1.54, 1.807) is 12.1 Å². The van der Waals surface area contributed by atoms with Crippen LogP contribution in [0.1, 0.15) is 5.56 Å². The third-order valence-electron chi connectivity index (χ3n) is 2.83. The second-order valence-electron chi connectivity index (χ2n) is 4.01. The molecule has 0 radical (unpaired) electrons. The fourth-order valence-electron chi connectivity index (χ4n) is 2.02. The molecule has 1 aromatic carbocycles. The topological polar surface area (TPSA) is 46.3 Å². The number of alkyl halides is 3. The molecule has 0 bridgehead atoms. The number of anilines is 1. The van der Waals surface area contributed by atoms with Gasteiger partial charge in [0.1, 0.15) is 6.04 Å². The molecule has 0 spiro atoms. The van der Waals surface area contributed by atoms with Gasteiger partial charge in [-0.1, -0.05) is 17.7 Å². The first-order chi connectivity index (χ1) is 8.34. The average Bonchev–Trinajstić information content (AvgIpc) is 2.55. The minimum atomic E-state index is -4.56. The second kappa shape index (κ2) is 4.44. The molecule has 1 aliphatic heterocycles. The summed E-state index contributed by atoms with van der Waals surface area (Å²) >= 11 is 5.75. The van der Waals surface area contributed by atoms with Crippen molar-refractivity contribution in [3.05, 3.63) is 28.8 Å². The molecule has 18 heavy (non-hydrogen) atoms. The molecule has 2 rings (SSSR count). The van der Waals surface area contributed by atoms with Crippen molar-refractivity contribution in [2.24, 2.45) is 5.73 Å². The van der Waals surface area contributed by atoms with Crippen LogP contribution in [0.15, 0.2) is 18.2 Å². The van der Waals surface area contributed by atoms with Crippen LogP contribution in [0.5, 0.6) is 0 Å². The summed E-state index contributed by atoms with van der Waals surface area (Å²) in [6.07, 6.45) is -4.62. The van der Waals surface area contributed by atoms with Gasteiger partial charge in [-0.3, -0.25) is 9.69 Å². The molecular weight excluding hydrogens is 269 g/mol. The number of nitrogens with two attached hydrogens (primary N) is 1. The normalized spacial score (nSPS) is 16.9. The largest absolute Gasteiger partial charge is 0.410 e. The molecule has 2 N–H and O–H groups in total. The number of carbonyl (C=O) groups excluding carboxylic acids is 1. The van der Waals surface area contributed by atoms with Crippen LogP contribution in [0.2, 0.25) is 5.02 Å². The van der Waals surface area contributed by atoms with E-state index >= 15 is 0 Å². The van der Waals surface area contributed by atoms with Crippen molar-refractivity contribution in [3.63, 3.8) is 0 Å². The lowest BCUT2D eigenvalue weighted by molar-refractivity contribution is -0.151. The third-order valence-corrected chi connectivity index (χ3v) is 3.07. The number of nitrogens with zero attached hydrogens (tertiary/aromatic N) is 1. The summed E-state index contributed by atoms with van der Waals surface area (Å²) < 4.78 is 38.5. The van der Waals surface area contributed by atoms with E-state index in [-0.39, 0.29) is 17.1 Å². The zero-order valence-electron chi connectivity index (χ0n) is 9.17. The lowest BCUT2D eigenvalue weighted by atomic mass is 10.1. The van der Waals surface area contributed by atoms with E-state index in [0.717, 1.165) is 0 Å². The monoisotopic (exact) mass is 278 g/mol. The molecule has 1 aliphatic rings. The molecule has 0 saturated heterocycles. The highest BCUT2D eigenvalue weighted by atomic mass is 35.5. The number of amides is 1. The molecule has 1 unspecified atom stereocenters. The Hall–Kier alpha value is -1.27. The highest BCUT2D eigenvalue weighted by molar-refractivity contribution is 6.31. The van der Waals surface area contributed by atoms with E-state index in [9.17, 15) is 18.0 Å². The van der Waals surface area contributed by atoms with Crippen molar-refractivity contribution in [3.8, 4) is 0 Å². The van der Waals surface area contributed by atoms with Gasteiger partial charge in [-0.05, 0) is 17.7 Å². The zero-order chi connectivity index (χ0) is 13.5. The van der Waals surface area contributed by atoms with Crippen LogP contribution in [0.4, 0.5) is 18.9 Å². The maximum absolute atomic E-state index is 12.8. The number of hydrogen-bond acceptors (Lipinski definition) is 2. The molecule has 98 valence electrons. The zero-order valence-corrected chi connectivity index (χ0v) is 9.92. The number of fused-ring (bicyclic) bond motifs is 1. The minimum Gasteiger partial charge on any atom is -0.328 e. The van der Waals surface area contributed by atoms with Gasteiger partial charge in [0.2, 0.25) is 5.91 Å². The molecule has 3 nitrogen and oxygen atoms in total. The Bertz CT molecular complexity index is 490. The van der Waals surface area contributed by atoms with Crippen LogP contribution >= 0.6 is 11.6 Å². The smallest absolute Gasteiger partial charge is 0.328 e. The SMILES string of the molecule is NCC(N1C(=O)Cc2ccc(Cl)cc21)C(F)(F)F. The van der Waals surface area contributed by atoms with Gasteiger partial charge in [0.05, 0.1) is 6.42 Å². The Morgan fingerprint density at radius 1 is 1.44 bits per heavy atom. The predicted molar refractivity (Wildman–Crippen MR) is 61.5 cm³/mol. The van der Waals surface area contributed by atoms with Crippen LogP contribution < -0.4 is 10.6 Å². The Labute approximate surface area is 106 Å². The fourth-order valence-corrected chi connectivity index (χ4v) is 2.19. The van der Waals surface area contributed by atoms with Crippen LogP contribution in [0, 0.1) is 0 Å². The van der Waals surface area contributed by atoms with Gasteiger partial charge in [0.15, 0.2) is 0 Å². The van der Waals surface area contributed by atoms with E-state index in [2.05, 4.69) is 0 Å². The molecule has 0 aliphatic carbocycles. The lowest BCUT2D eigenvalue weighted by Crippen LogP contribution is -2.51. The van der Waals surface area contributed by atoms with E-state index in [4.69, 9.17) is 17.3 Å². The molecular formula is C11H10ClF3N2O. The highest BCUT2D eigenvalue weighted by Gasteiger charge is 2.47. The summed E-state index contributed by atoms with van der Waals surface area (Å²) in [5, 5.41) is 0.284. The molecule has 7 heteroatoms. The summed E-state index contributed by atoms with van der Waals surface area (Å²) in [4.78, 5) is 12.4. The van der Waals surface area contributed by atoms with Crippen molar-refractivity contribution < 1.29 is 18.0 Å². The Morgan fingerprint density at radius 3 is 2.67 bits per heavy atom. The molecule has 0 saturated carbocycles. The number of benzene rings is 1. The Kier molecular flexibility index (Phi) is 3.25. The summed E-state index contributed by atoms with van der Waals surface area (Å²) in [5.74, 6) is -0.611. The van der Waals surface area contributed by atoms with Gasteiger partial charge in [-0.25, -0.2) is 0 Å². The van der Waals surface area contributed by atoms with Crippen molar-refractivity contribution >= 4 is 23.2 Å². The highest BCUT2D eigenvalue weighted by Crippen LogP contribution is 2.37. The van der Waals surface area contributed by atoms with Crippen LogP contribution in [-0.2, 0) is 11.2 Å². The molecule has 0 aromatic heterocycles. The van der Waals surface area contributed by atoms with Crippen molar-refractivity contribution in [1.29, 1.82) is 0 Å². The van der Waals surface area contributed by atoms with E-state index in [0.29, 0.717) is 10.5 Å². The molecule has 0 fully saturated rings. The van der Waals surface area contributed by atoms with Crippen LogP contribution in [0.3, 0.4) is 0 Å². The van der Waals surface area contributed by atoms with Crippen molar-refractivity contribution in [1.82, 2.24) is 0 Å². The maximum Gasteiger partial charge on any atom is 0.410 e. The van der Waals surface area contributed by atoms with Gasteiger partial charge in [-0.15, -0.1) is 0 Å². The van der Waals surface area contributed by atoms with Crippen molar-refractivity contribution in [2.75, 3.05) is 11.4 Å². The first kappa shape index (κ1) is 13.2. The Morgan fingerprint density at radius 2 is 2.11 bits per heavy atom. The number of rotatable bonds is 2. The number of hydrogen-bond donors (Lipinski definition) is 1. The van der Waals surface area contributed by atoms with Crippen LogP contribution in [-0.4, -0.2) is 24.7 Å². The summed E-state index contributed by atoms with van der Waals surface area (Å²) in [6, 6.07) is 2.45. The van der Waals surface area contributed by atoms with Gasteiger partial charge in [-0.2, -0.15) is 13.2 Å². The second-order valence-corrected chi connectivity index (χ2v) is 4.44. The van der Waals surface area contributed by atoms with Gasteiger partial charge < -0.3 is 5.73 Å².